The molecule has 0 aliphatic heterocycles. The molecule has 0 heterocycles. The Morgan fingerprint density at radius 3 is 1.75 bits per heavy atom. The Bertz CT molecular complexity index is 333. The molecule has 6 heteroatoms. The lowest BCUT2D eigenvalue weighted by molar-refractivity contribution is -0.156. The van der Waals surface area contributed by atoms with Crippen molar-refractivity contribution >= 4 is 11.9 Å². The fraction of sp³-hybridized carbons (Fsp3) is 0.600. The SMILES string of the molecule is N#CCCC(CCC#N)(CC(=O)O)C(=O)O. The maximum Gasteiger partial charge on any atom is 0.310 e. The maximum atomic E-state index is 11.1. The van der Waals surface area contributed by atoms with Crippen LogP contribution in [0.5, 0.6) is 0 Å². The number of carboxylic acids is 2. The summed E-state index contributed by atoms with van der Waals surface area (Å²) < 4.78 is 0. The van der Waals surface area contributed by atoms with Crippen LogP contribution in [0.15, 0.2) is 0 Å². The summed E-state index contributed by atoms with van der Waals surface area (Å²) in [5, 5.41) is 34.5. The molecule has 0 aromatic carbocycles. The van der Waals surface area contributed by atoms with Crippen molar-refractivity contribution in [3.05, 3.63) is 0 Å². The Hall–Kier alpha value is -2.08. The summed E-state index contributed by atoms with van der Waals surface area (Å²) >= 11 is 0. The third kappa shape index (κ3) is 3.97. The van der Waals surface area contributed by atoms with E-state index in [2.05, 4.69) is 0 Å². The maximum absolute atomic E-state index is 11.1. The van der Waals surface area contributed by atoms with Gasteiger partial charge in [0.2, 0.25) is 0 Å². The lowest BCUT2D eigenvalue weighted by Gasteiger charge is -2.25. The molecule has 86 valence electrons. The van der Waals surface area contributed by atoms with Crippen LogP contribution >= 0.6 is 0 Å². The van der Waals surface area contributed by atoms with E-state index in [0.717, 1.165) is 0 Å². The molecular formula is C10H12N2O4. The van der Waals surface area contributed by atoms with Gasteiger partial charge in [-0.3, -0.25) is 9.59 Å². The van der Waals surface area contributed by atoms with Gasteiger partial charge in [-0.15, -0.1) is 0 Å². The topological polar surface area (TPSA) is 122 Å². The minimum Gasteiger partial charge on any atom is -0.481 e. The number of rotatable bonds is 7. The average molecular weight is 224 g/mol. The van der Waals surface area contributed by atoms with E-state index in [0.29, 0.717) is 0 Å². The molecule has 0 saturated carbocycles. The van der Waals surface area contributed by atoms with Crippen molar-refractivity contribution < 1.29 is 19.8 Å². The first-order valence-electron chi connectivity index (χ1n) is 4.67. The number of hydrogen-bond donors (Lipinski definition) is 2. The van der Waals surface area contributed by atoms with Crippen LogP contribution in [0.3, 0.4) is 0 Å². The smallest absolute Gasteiger partial charge is 0.310 e. The fourth-order valence-corrected chi connectivity index (χ4v) is 1.47. The van der Waals surface area contributed by atoms with Crippen molar-refractivity contribution in [3.8, 4) is 12.1 Å². The van der Waals surface area contributed by atoms with Gasteiger partial charge in [-0.2, -0.15) is 10.5 Å². The van der Waals surface area contributed by atoms with Crippen LogP contribution in [0.1, 0.15) is 32.1 Å². The third-order valence-electron chi connectivity index (χ3n) is 2.37. The molecule has 2 N–H and O–H groups in total. The van der Waals surface area contributed by atoms with E-state index >= 15 is 0 Å². The molecule has 16 heavy (non-hydrogen) atoms. The first-order chi connectivity index (χ1) is 7.48. The third-order valence-corrected chi connectivity index (χ3v) is 2.37. The molecular weight excluding hydrogens is 212 g/mol. The zero-order valence-electron chi connectivity index (χ0n) is 8.64. The quantitative estimate of drug-likeness (QED) is 0.668. The van der Waals surface area contributed by atoms with Gasteiger partial charge >= 0.3 is 11.9 Å². The molecule has 0 rings (SSSR count). The van der Waals surface area contributed by atoms with E-state index in [1.54, 1.807) is 12.1 Å². The highest BCUT2D eigenvalue weighted by atomic mass is 16.4. The van der Waals surface area contributed by atoms with Crippen LogP contribution in [-0.2, 0) is 9.59 Å². The summed E-state index contributed by atoms with van der Waals surface area (Å²) in [5.74, 6) is -2.50. The predicted molar refractivity (Wildman–Crippen MR) is 52.0 cm³/mol. The van der Waals surface area contributed by atoms with Crippen molar-refractivity contribution in [1.82, 2.24) is 0 Å². The molecule has 0 saturated heterocycles. The fourth-order valence-electron chi connectivity index (χ4n) is 1.47. The molecule has 0 aromatic rings. The Morgan fingerprint density at radius 1 is 1.06 bits per heavy atom. The summed E-state index contributed by atoms with van der Waals surface area (Å²) in [4.78, 5) is 21.7. The van der Waals surface area contributed by atoms with Gasteiger partial charge in [0.15, 0.2) is 0 Å². The van der Waals surface area contributed by atoms with Gasteiger partial charge in [0.25, 0.3) is 0 Å². The highest BCUT2D eigenvalue weighted by Crippen LogP contribution is 2.34. The number of aliphatic carboxylic acids is 2. The van der Waals surface area contributed by atoms with E-state index in [1.165, 1.54) is 0 Å². The monoisotopic (exact) mass is 224 g/mol. The van der Waals surface area contributed by atoms with E-state index in [1.807, 2.05) is 0 Å². The van der Waals surface area contributed by atoms with Gasteiger partial charge in [0, 0.05) is 12.8 Å². The van der Waals surface area contributed by atoms with Crippen molar-refractivity contribution in [2.75, 3.05) is 0 Å². The predicted octanol–water partition coefficient (Wildman–Crippen LogP) is 1.14. The minimum atomic E-state index is -1.50. The second kappa shape index (κ2) is 6.41. The van der Waals surface area contributed by atoms with Gasteiger partial charge in [-0.05, 0) is 12.8 Å². The number of carboxylic acid groups (broad SMARTS) is 2. The molecule has 0 bridgehead atoms. The second-order valence-corrected chi connectivity index (χ2v) is 3.47. The van der Waals surface area contributed by atoms with Crippen molar-refractivity contribution in [2.24, 2.45) is 5.41 Å². The first kappa shape index (κ1) is 13.9. The van der Waals surface area contributed by atoms with Crippen LogP contribution in [0.2, 0.25) is 0 Å². The number of nitrogens with zero attached hydrogens (tertiary/aromatic N) is 2. The largest absolute Gasteiger partial charge is 0.481 e. The Morgan fingerprint density at radius 2 is 1.50 bits per heavy atom. The summed E-state index contributed by atoms with van der Waals surface area (Å²) in [7, 11) is 0. The van der Waals surface area contributed by atoms with Crippen molar-refractivity contribution in [1.29, 1.82) is 10.5 Å². The standard InChI is InChI=1S/C10H12N2O4/c11-5-1-3-10(9(15)16,4-2-6-12)7-8(13)14/h1-4,7H2,(H,13,14)(H,15,16). The highest BCUT2D eigenvalue weighted by Gasteiger charge is 2.39. The second-order valence-electron chi connectivity index (χ2n) is 3.47. The molecule has 0 aliphatic carbocycles. The average Bonchev–Trinajstić information content (AvgIpc) is 2.21. The summed E-state index contributed by atoms with van der Waals surface area (Å²) in [6, 6.07) is 3.58. The van der Waals surface area contributed by atoms with Crippen LogP contribution in [-0.4, -0.2) is 22.2 Å². The van der Waals surface area contributed by atoms with Gasteiger partial charge in [0.1, 0.15) is 0 Å². The van der Waals surface area contributed by atoms with E-state index in [-0.39, 0.29) is 25.7 Å². The normalized spacial score (nSPS) is 10.1. The van der Waals surface area contributed by atoms with Gasteiger partial charge in [-0.1, -0.05) is 0 Å². The van der Waals surface area contributed by atoms with E-state index < -0.39 is 23.8 Å². The van der Waals surface area contributed by atoms with Gasteiger partial charge in [-0.25, -0.2) is 0 Å². The zero-order chi connectivity index (χ0) is 12.6. The first-order valence-corrected chi connectivity index (χ1v) is 4.67. The highest BCUT2D eigenvalue weighted by molar-refractivity contribution is 5.81. The lowest BCUT2D eigenvalue weighted by Crippen LogP contribution is -2.33. The van der Waals surface area contributed by atoms with E-state index in [4.69, 9.17) is 20.7 Å². The summed E-state index contributed by atoms with van der Waals surface area (Å²) in [5.41, 5.74) is -1.50. The number of carbonyl (C=O) groups is 2. The Balaban J connectivity index is 4.90. The summed E-state index contributed by atoms with van der Waals surface area (Å²) in [6.07, 6.45) is -0.735. The molecule has 0 atom stereocenters. The van der Waals surface area contributed by atoms with Crippen LogP contribution in [0.25, 0.3) is 0 Å². The minimum absolute atomic E-state index is 0.0367. The Labute approximate surface area is 92.7 Å². The number of hydrogen-bond acceptors (Lipinski definition) is 4. The molecule has 0 fully saturated rings. The van der Waals surface area contributed by atoms with Gasteiger partial charge < -0.3 is 10.2 Å². The van der Waals surface area contributed by atoms with E-state index in [9.17, 15) is 9.59 Å². The molecule has 0 amide bonds. The summed E-state index contributed by atoms with van der Waals surface area (Å²) in [6.45, 7) is 0. The van der Waals surface area contributed by atoms with Crippen molar-refractivity contribution in [2.45, 2.75) is 32.1 Å². The molecule has 0 aliphatic rings. The molecule has 0 unspecified atom stereocenters. The van der Waals surface area contributed by atoms with Crippen LogP contribution < -0.4 is 0 Å². The molecule has 6 nitrogen and oxygen atoms in total. The molecule has 0 aromatic heterocycles. The van der Waals surface area contributed by atoms with Crippen LogP contribution in [0.4, 0.5) is 0 Å². The molecule has 0 radical (unpaired) electrons. The Kier molecular flexibility index (Phi) is 5.58. The van der Waals surface area contributed by atoms with Crippen molar-refractivity contribution in [3.63, 3.8) is 0 Å². The lowest BCUT2D eigenvalue weighted by atomic mass is 9.76. The van der Waals surface area contributed by atoms with Crippen LogP contribution in [0, 0.1) is 28.1 Å². The van der Waals surface area contributed by atoms with Gasteiger partial charge in [0.05, 0.1) is 24.0 Å². The number of nitriles is 2. The molecule has 0 spiro atoms. The zero-order valence-corrected chi connectivity index (χ0v) is 8.64.